The molecule has 30 heavy (non-hydrogen) atoms. The molecule has 0 saturated carbocycles. The number of nitrogens with zero attached hydrogens (tertiary/aromatic N) is 4. The van der Waals surface area contributed by atoms with E-state index in [0.717, 1.165) is 51.1 Å². The van der Waals surface area contributed by atoms with Gasteiger partial charge in [-0.2, -0.15) is 0 Å². The summed E-state index contributed by atoms with van der Waals surface area (Å²) >= 11 is 0. The van der Waals surface area contributed by atoms with Gasteiger partial charge in [-0.05, 0) is 51.4 Å². The number of carbonyl (C=O) groups is 2. The van der Waals surface area contributed by atoms with Crippen LogP contribution in [0.5, 0.6) is 0 Å². The van der Waals surface area contributed by atoms with Gasteiger partial charge in [0.2, 0.25) is 11.8 Å². The predicted molar refractivity (Wildman–Crippen MR) is 116 cm³/mol. The summed E-state index contributed by atoms with van der Waals surface area (Å²) in [6.45, 7) is 6.28. The number of piperidine rings is 2. The van der Waals surface area contributed by atoms with Gasteiger partial charge in [0, 0.05) is 57.3 Å². The van der Waals surface area contributed by atoms with Crippen molar-refractivity contribution in [3.63, 3.8) is 0 Å². The minimum absolute atomic E-state index is 0.0856. The number of hydrogen-bond donors (Lipinski definition) is 1. The van der Waals surface area contributed by atoms with Gasteiger partial charge >= 0.3 is 0 Å². The standard InChI is InChI=1S/C22H33N5O3/c1-15(28)25-8-6-18(7-9-25)26-11-16-10-17(13-26)20-5-4-19(22(30)27(20)12-16)23-21(29)14-24(2)3/h4-5,16-18H,6-14H2,1-3H3,(H,23,29)/t16-,17-/m1/s1. The Bertz CT molecular complexity index is 872. The van der Waals surface area contributed by atoms with Crippen LogP contribution in [0, 0.1) is 5.92 Å². The molecule has 8 heteroatoms. The molecule has 1 aromatic heterocycles. The molecule has 0 radical (unpaired) electrons. The van der Waals surface area contributed by atoms with Crippen molar-refractivity contribution in [2.45, 2.75) is 44.7 Å². The fourth-order valence-electron chi connectivity index (χ4n) is 5.40. The number of amides is 2. The normalized spacial score (nSPS) is 24.6. The van der Waals surface area contributed by atoms with Crippen molar-refractivity contribution in [2.24, 2.45) is 5.92 Å². The van der Waals surface area contributed by atoms with Crippen LogP contribution >= 0.6 is 0 Å². The maximum Gasteiger partial charge on any atom is 0.274 e. The molecule has 8 nitrogen and oxygen atoms in total. The van der Waals surface area contributed by atoms with E-state index in [1.165, 1.54) is 0 Å². The lowest BCUT2D eigenvalue weighted by Gasteiger charge is -2.47. The quantitative estimate of drug-likeness (QED) is 0.786. The van der Waals surface area contributed by atoms with Crippen LogP contribution in [0.3, 0.4) is 0 Å². The summed E-state index contributed by atoms with van der Waals surface area (Å²) in [5, 5.41) is 2.77. The van der Waals surface area contributed by atoms with Crippen LogP contribution < -0.4 is 10.9 Å². The van der Waals surface area contributed by atoms with Crippen LogP contribution in [0.25, 0.3) is 0 Å². The Hall–Kier alpha value is -2.19. The van der Waals surface area contributed by atoms with Gasteiger partial charge in [0.25, 0.3) is 5.56 Å². The zero-order valence-electron chi connectivity index (χ0n) is 18.3. The minimum Gasteiger partial charge on any atom is -0.343 e. The van der Waals surface area contributed by atoms with Gasteiger partial charge < -0.3 is 19.7 Å². The number of nitrogens with one attached hydrogen (secondary N) is 1. The van der Waals surface area contributed by atoms with E-state index >= 15 is 0 Å². The number of aromatic nitrogens is 1. The number of likely N-dealkylation sites (N-methyl/N-ethyl adjacent to an activating group) is 1. The second-order valence-corrected chi connectivity index (χ2v) is 9.36. The Labute approximate surface area is 177 Å². The molecule has 4 rings (SSSR count). The van der Waals surface area contributed by atoms with E-state index in [9.17, 15) is 14.4 Å². The lowest BCUT2D eigenvalue weighted by atomic mass is 9.82. The minimum atomic E-state index is -0.170. The second-order valence-electron chi connectivity index (χ2n) is 9.36. The van der Waals surface area contributed by atoms with Crippen LogP contribution in [0.1, 0.15) is 37.8 Å². The van der Waals surface area contributed by atoms with E-state index in [1.807, 2.05) is 29.6 Å². The van der Waals surface area contributed by atoms with Crippen molar-refractivity contribution >= 4 is 17.5 Å². The summed E-state index contributed by atoms with van der Waals surface area (Å²) in [7, 11) is 3.66. The van der Waals surface area contributed by atoms with Crippen molar-refractivity contribution in [1.82, 2.24) is 19.3 Å². The molecule has 2 amide bonds. The average Bonchev–Trinajstić information content (AvgIpc) is 2.70. The maximum absolute atomic E-state index is 13.0. The second kappa shape index (κ2) is 8.51. The smallest absolute Gasteiger partial charge is 0.274 e. The van der Waals surface area contributed by atoms with Crippen LogP contribution in [-0.2, 0) is 16.1 Å². The molecule has 2 bridgehead atoms. The predicted octanol–water partition coefficient (Wildman–Crippen LogP) is 0.778. The van der Waals surface area contributed by atoms with Crippen molar-refractivity contribution < 1.29 is 9.59 Å². The van der Waals surface area contributed by atoms with Gasteiger partial charge in [-0.3, -0.25) is 19.3 Å². The zero-order chi connectivity index (χ0) is 21.4. The molecule has 2 fully saturated rings. The monoisotopic (exact) mass is 415 g/mol. The van der Waals surface area contributed by atoms with E-state index in [2.05, 4.69) is 10.2 Å². The molecular formula is C22H33N5O3. The lowest BCUT2D eigenvalue weighted by molar-refractivity contribution is -0.130. The van der Waals surface area contributed by atoms with Crippen LogP contribution in [0.2, 0.25) is 0 Å². The van der Waals surface area contributed by atoms with Gasteiger partial charge in [-0.25, -0.2) is 0 Å². The average molecular weight is 416 g/mol. The first-order valence-electron chi connectivity index (χ1n) is 11.0. The highest BCUT2D eigenvalue weighted by Gasteiger charge is 2.38. The summed E-state index contributed by atoms with van der Waals surface area (Å²) in [6.07, 6.45) is 3.18. The number of fused-ring (bicyclic) bond motifs is 4. The molecule has 1 aromatic rings. The molecule has 0 spiro atoms. The molecule has 1 N–H and O–H groups in total. The summed E-state index contributed by atoms with van der Waals surface area (Å²) < 4.78 is 1.89. The summed E-state index contributed by atoms with van der Waals surface area (Å²) in [4.78, 5) is 43.1. The molecule has 2 saturated heterocycles. The molecule has 4 heterocycles. The number of likely N-dealkylation sites (tertiary alicyclic amines) is 2. The Morgan fingerprint density at radius 3 is 2.53 bits per heavy atom. The highest BCUT2D eigenvalue weighted by molar-refractivity contribution is 5.92. The van der Waals surface area contributed by atoms with E-state index in [4.69, 9.17) is 0 Å². The van der Waals surface area contributed by atoms with Gasteiger partial charge in [0.15, 0.2) is 0 Å². The molecule has 3 aliphatic rings. The number of pyridine rings is 1. The molecule has 3 aliphatic heterocycles. The first-order chi connectivity index (χ1) is 14.3. The molecule has 0 unspecified atom stereocenters. The lowest BCUT2D eigenvalue weighted by Crippen LogP contribution is -2.53. The molecule has 164 valence electrons. The van der Waals surface area contributed by atoms with Crippen LogP contribution in [0.4, 0.5) is 5.69 Å². The van der Waals surface area contributed by atoms with Gasteiger partial charge in [0.05, 0.1) is 6.54 Å². The summed E-state index contributed by atoms with van der Waals surface area (Å²) in [5.41, 5.74) is 1.38. The number of anilines is 1. The van der Waals surface area contributed by atoms with Crippen LogP contribution in [-0.4, -0.2) is 83.9 Å². The third-order valence-corrected chi connectivity index (χ3v) is 6.79. The third-order valence-electron chi connectivity index (χ3n) is 6.79. The van der Waals surface area contributed by atoms with Crippen molar-refractivity contribution in [3.05, 3.63) is 28.2 Å². The first-order valence-corrected chi connectivity index (χ1v) is 11.0. The summed E-state index contributed by atoms with van der Waals surface area (Å²) in [5.74, 6) is 0.803. The van der Waals surface area contributed by atoms with Crippen LogP contribution in [0.15, 0.2) is 16.9 Å². The van der Waals surface area contributed by atoms with E-state index in [0.29, 0.717) is 30.1 Å². The Kier molecular flexibility index (Phi) is 5.97. The topological polar surface area (TPSA) is 77.9 Å². The Balaban J connectivity index is 1.46. The Morgan fingerprint density at radius 2 is 1.87 bits per heavy atom. The van der Waals surface area contributed by atoms with Gasteiger partial charge in [0.1, 0.15) is 5.69 Å². The third kappa shape index (κ3) is 4.30. The maximum atomic E-state index is 13.0. The molecule has 2 atom stereocenters. The molecule has 0 aliphatic carbocycles. The SMILES string of the molecule is CC(=O)N1CCC(N2C[C@H]3C[C@H](C2)c2ccc(NC(=O)CN(C)C)c(=O)n2C3)CC1. The largest absolute Gasteiger partial charge is 0.343 e. The van der Waals surface area contributed by atoms with Gasteiger partial charge in [-0.1, -0.05) is 0 Å². The van der Waals surface area contributed by atoms with E-state index < -0.39 is 0 Å². The number of rotatable bonds is 4. The molecular weight excluding hydrogens is 382 g/mol. The van der Waals surface area contributed by atoms with Crippen molar-refractivity contribution in [3.8, 4) is 0 Å². The first kappa shape index (κ1) is 21.1. The van der Waals surface area contributed by atoms with Crippen molar-refractivity contribution in [1.29, 1.82) is 0 Å². The van der Waals surface area contributed by atoms with E-state index in [-0.39, 0.29) is 23.9 Å². The highest BCUT2D eigenvalue weighted by atomic mass is 16.2. The van der Waals surface area contributed by atoms with Gasteiger partial charge in [-0.15, -0.1) is 0 Å². The van der Waals surface area contributed by atoms with E-state index in [1.54, 1.807) is 17.9 Å². The fraction of sp³-hybridized carbons (Fsp3) is 0.682. The Morgan fingerprint density at radius 1 is 1.13 bits per heavy atom. The van der Waals surface area contributed by atoms with Crippen molar-refractivity contribution in [2.75, 3.05) is 52.1 Å². The summed E-state index contributed by atoms with van der Waals surface area (Å²) in [6, 6.07) is 4.32. The highest BCUT2D eigenvalue weighted by Crippen LogP contribution is 2.37. The number of hydrogen-bond acceptors (Lipinski definition) is 5. The molecule has 0 aromatic carbocycles. The number of carbonyl (C=O) groups excluding carboxylic acids is 2. The zero-order valence-corrected chi connectivity index (χ0v) is 18.3. The fourth-order valence-corrected chi connectivity index (χ4v) is 5.40.